The molecule has 8 heteroatoms. The van der Waals surface area contributed by atoms with Gasteiger partial charge in [-0.25, -0.2) is 9.89 Å². The summed E-state index contributed by atoms with van der Waals surface area (Å²) >= 11 is 0. The fourth-order valence-corrected chi connectivity index (χ4v) is 1.82. The number of hydrogen-bond acceptors (Lipinski definition) is 7. The monoisotopic (exact) mass is 317 g/mol. The molecule has 2 rings (SSSR count). The van der Waals surface area contributed by atoms with Gasteiger partial charge in [-0.05, 0) is 32.9 Å². The van der Waals surface area contributed by atoms with Crippen LogP contribution in [0.25, 0.3) is 0 Å². The van der Waals surface area contributed by atoms with Gasteiger partial charge in [0.15, 0.2) is 17.3 Å². The number of para-hydroxylation sites is 1. The summed E-state index contributed by atoms with van der Waals surface area (Å²) in [7, 11) is 1.58. The van der Waals surface area contributed by atoms with E-state index in [9.17, 15) is 4.79 Å². The Morgan fingerprint density at radius 3 is 2.87 bits per heavy atom. The van der Waals surface area contributed by atoms with Crippen molar-refractivity contribution < 1.29 is 9.47 Å². The number of nitrogens with zero attached hydrogens (tertiary/aromatic N) is 3. The first-order chi connectivity index (χ1) is 11.0. The lowest BCUT2D eigenvalue weighted by molar-refractivity contribution is 0.230. The lowest BCUT2D eigenvalue weighted by Gasteiger charge is -2.15. The van der Waals surface area contributed by atoms with Crippen LogP contribution in [0, 0.1) is 6.92 Å². The minimum Gasteiger partial charge on any atom is -0.493 e. The second-order valence-electron chi connectivity index (χ2n) is 4.99. The van der Waals surface area contributed by atoms with Gasteiger partial charge >= 0.3 is 5.69 Å². The van der Waals surface area contributed by atoms with E-state index in [1.165, 1.54) is 0 Å². The normalized spacial score (nSPS) is 11.0. The average Bonchev–Trinajstić information content (AvgIpc) is 2.51. The first-order valence-corrected chi connectivity index (χ1v) is 7.07. The minimum atomic E-state index is -0.543. The van der Waals surface area contributed by atoms with Gasteiger partial charge in [-0.3, -0.25) is 5.43 Å². The van der Waals surface area contributed by atoms with Crippen LogP contribution >= 0.6 is 0 Å². The third kappa shape index (κ3) is 4.29. The number of ether oxygens (including phenoxy) is 2. The largest absolute Gasteiger partial charge is 0.493 e. The summed E-state index contributed by atoms with van der Waals surface area (Å²) in [5, 5.41) is 10.1. The number of aromatic amines is 1. The molecule has 0 radical (unpaired) electrons. The number of benzene rings is 1. The highest BCUT2D eigenvalue weighted by molar-refractivity contribution is 5.85. The molecule has 8 nitrogen and oxygen atoms in total. The van der Waals surface area contributed by atoms with Crippen molar-refractivity contribution in [3.8, 4) is 11.5 Å². The molecule has 23 heavy (non-hydrogen) atoms. The molecule has 0 bridgehead atoms. The summed E-state index contributed by atoms with van der Waals surface area (Å²) in [6.45, 7) is 5.57. The SMILES string of the molecule is COc1cccc(/C=N\Nc2nc(=O)[nH]nc2C)c1OC(C)C. The highest BCUT2D eigenvalue weighted by atomic mass is 16.5. The maximum atomic E-state index is 11.2. The van der Waals surface area contributed by atoms with Crippen molar-refractivity contribution in [2.45, 2.75) is 26.9 Å². The zero-order valence-corrected chi connectivity index (χ0v) is 13.5. The molecule has 0 spiro atoms. The van der Waals surface area contributed by atoms with Crippen molar-refractivity contribution in [1.82, 2.24) is 15.2 Å². The van der Waals surface area contributed by atoms with E-state index in [0.29, 0.717) is 23.0 Å². The molecule has 122 valence electrons. The van der Waals surface area contributed by atoms with Crippen LogP contribution in [0.3, 0.4) is 0 Å². The molecule has 0 amide bonds. The number of hydrogen-bond donors (Lipinski definition) is 2. The second kappa shape index (κ2) is 7.39. The van der Waals surface area contributed by atoms with Gasteiger partial charge in [0.2, 0.25) is 0 Å². The van der Waals surface area contributed by atoms with Crippen molar-refractivity contribution in [2.75, 3.05) is 12.5 Å². The predicted molar refractivity (Wildman–Crippen MR) is 87.4 cm³/mol. The van der Waals surface area contributed by atoms with E-state index in [-0.39, 0.29) is 6.10 Å². The summed E-state index contributed by atoms with van der Waals surface area (Å²) in [5.41, 5.74) is 3.43. The lowest BCUT2D eigenvalue weighted by Crippen LogP contribution is -2.15. The number of aryl methyl sites for hydroxylation is 1. The van der Waals surface area contributed by atoms with E-state index in [2.05, 4.69) is 25.7 Å². The van der Waals surface area contributed by atoms with Crippen LogP contribution in [0.5, 0.6) is 11.5 Å². The highest BCUT2D eigenvalue weighted by Crippen LogP contribution is 2.30. The molecular weight excluding hydrogens is 298 g/mol. The van der Waals surface area contributed by atoms with Crippen LogP contribution in [-0.4, -0.2) is 34.6 Å². The van der Waals surface area contributed by atoms with Crippen LogP contribution < -0.4 is 20.6 Å². The van der Waals surface area contributed by atoms with Crippen LogP contribution in [0.4, 0.5) is 5.82 Å². The smallest absolute Gasteiger partial charge is 0.363 e. The molecule has 2 aromatic rings. The summed E-state index contributed by atoms with van der Waals surface area (Å²) in [4.78, 5) is 14.9. The zero-order valence-electron chi connectivity index (χ0n) is 13.5. The van der Waals surface area contributed by atoms with Gasteiger partial charge in [0, 0.05) is 5.56 Å². The predicted octanol–water partition coefficient (Wildman–Crippen LogP) is 1.72. The number of hydrazone groups is 1. The number of H-pyrrole nitrogens is 1. The maximum absolute atomic E-state index is 11.2. The zero-order chi connectivity index (χ0) is 16.8. The molecule has 0 unspecified atom stereocenters. The van der Waals surface area contributed by atoms with Crippen molar-refractivity contribution in [2.24, 2.45) is 5.10 Å². The molecule has 0 aliphatic heterocycles. The standard InChI is InChI=1S/C15H19N5O3/c1-9(2)23-13-11(6-5-7-12(13)22-4)8-16-19-14-10(3)18-20-15(21)17-14/h5-9H,1-4H3,(H2,17,19,20,21)/b16-8-. The molecule has 2 N–H and O–H groups in total. The molecule has 0 saturated carbocycles. The van der Waals surface area contributed by atoms with Crippen LogP contribution in [0.15, 0.2) is 28.1 Å². The average molecular weight is 317 g/mol. The Kier molecular flexibility index (Phi) is 5.29. The first kappa shape index (κ1) is 16.5. The molecule has 0 fully saturated rings. The molecule has 0 saturated heterocycles. The summed E-state index contributed by atoms with van der Waals surface area (Å²) in [6.07, 6.45) is 1.56. The van der Waals surface area contributed by atoms with Crippen molar-refractivity contribution >= 4 is 12.0 Å². The quantitative estimate of drug-likeness (QED) is 0.621. The Hall–Kier alpha value is -2.90. The van der Waals surface area contributed by atoms with Gasteiger partial charge in [0.25, 0.3) is 0 Å². The summed E-state index contributed by atoms with van der Waals surface area (Å²) in [5.74, 6) is 1.51. The summed E-state index contributed by atoms with van der Waals surface area (Å²) in [6, 6.07) is 5.50. The molecule has 0 aliphatic carbocycles. The first-order valence-electron chi connectivity index (χ1n) is 7.07. The number of anilines is 1. The molecule has 0 atom stereocenters. The van der Waals surface area contributed by atoms with Crippen molar-refractivity contribution in [3.05, 3.63) is 39.9 Å². The fourth-order valence-electron chi connectivity index (χ4n) is 1.82. The molecule has 1 aromatic carbocycles. The van der Waals surface area contributed by atoms with Gasteiger partial charge < -0.3 is 9.47 Å². The van der Waals surface area contributed by atoms with Crippen molar-refractivity contribution in [1.29, 1.82) is 0 Å². The van der Waals surface area contributed by atoms with Crippen LogP contribution in [-0.2, 0) is 0 Å². The van der Waals surface area contributed by atoms with Gasteiger partial charge in [0.05, 0.1) is 19.4 Å². The Morgan fingerprint density at radius 2 is 2.17 bits per heavy atom. The Labute approximate surface area is 133 Å². The molecular formula is C15H19N5O3. The van der Waals surface area contributed by atoms with Crippen LogP contribution in [0.1, 0.15) is 25.1 Å². The van der Waals surface area contributed by atoms with E-state index in [0.717, 1.165) is 5.56 Å². The van der Waals surface area contributed by atoms with Gasteiger partial charge in [-0.15, -0.1) is 0 Å². The second-order valence-corrected chi connectivity index (χ2v) is 4.99. The van der Waals surface area contributed by atoms with Gasteiger partial charge in [-0.2, -0.15) is 15.2 Å². The third-order valence-electron chi connectivity index (χ3n) is 2.83. The minimum absolute atomic E-state index is 0.00722. The van der Waals surface area contributed by atoms with Gasteiger partial charge in [0.1, 0.15) is 5.69 Å². The number of methoxy groups -OCH3 is 1. The summed E-state index contributed by atoms with van der Waals surface area (Å²) < 4.78 is 11.1. The van der Waals surface area contributed by atoms with E-state index in [1.807, 2.05) is 32.0 Å². The third-order valence-corrected chi connectivity index (χ3v) is 2.83. The molecule has 1 heterocycles. The molecule has 1 aromatic heterocycles. The lowest BCUT2D eigenvalue weighted by atomic mass is 10.2. The highest BCUT2D eigenvalue weighted by Gasteiger charge is 2.11. The van der Waals surface area contributed by atoms with E-state index in [1.54, 1.807) is 20.2 Å². The number of aromatic nitrogens is 3. The fraction of sp³-hybridized carbons (Fsp3) is 0.333. The Bertz CT molecular complexity index is 755. The number of nitrogens with one attached hydrogen (secondary N) is 2. The topological polar surface area (TPSA) is 101 Å². The van der Waals surface area contributed by atoms with E-state index >= 15 is 0 Å². The van der Waals surface area contributed by atoms with Crippen molar-refractivity contribution in [3.63, 3.8) is 0 Å². The van der Waals surface area contributed by atoms with Gasteiger partial charge in [-0.1, -0.05) is 6.07 Å². The molecule has 0 aliphatic rings. The van der Waals surface area contributed by atoms with Crippen LogP contribution in [0.2, 0.25) is 0 Å². The Morgan fingerprint density at radius 1 is 1.39 bits per heavy atom. The maximum Gasteiger partial charge on any atom is 0.363 e. The van der Waals surface area contributed by atoms with E-state index in [4.69, 9.17) is 9.47 Å². The Balaban J connectivity index is 2.25. The van der Waals surface area contributed by atoms with E-state index < -0.39 is 5.69 Å². The number of rotatable bonds is 6.